The van der Waals surface area contributed by atoms with Crippen LogP contribution in [-0.2, 0) is 13.0 Å². The van der Waals surface area contributed by atoms with E-state index in [-0.39, 0.29) is 33.2 Å². The number of aromatic amines is 1. The van der Waals surface area contributed by atoms with Crippen molar-refractivity contribution < 1.29 is 13.9 Å². The molecule has 0 saturated heterocycles. The van der Waals surface area contributed by atoms with Crippen molar-refractivity contribution >= 4 is 29.1 Å². The first-order chi connectivity index (χ1) is 18.6. The fourth-order valence-corrected chi connectivity index (χ4v) is 4.83. The molecule has 4 aromatic rings. The van der Waals surface area contributed by atoms with E-state index in [4.69, 9.17) is 33.2 Å². The molecule has 1 N–H and O–H groups in total. The number of ether oxygens (including phenoxy) is 1. The first kappa shape index (κ1) is 26.2. The van der Waals surface area contributed by atoms with Crippen molar-refractivity contribution in [1.82, 2.24) is 19.7 Å². The maximum atomic E-state index is 13.7. The van der Waals surface area contributed by atoms with Gasteiger partial charge in [0.15, 0.2) is 5.75 Å². The minimum absolute atomic E-state index is 0.0429. The Labute approximate surface area is 230 Å². The molecule has 0 fully saturated rings. The average Bonchev–Trinajstić information content (AvgIpc) is 2.90. The number of H-pyrrole nitrogens is 1. The summed E-state index contributed by atoms with van der Waals surface area (Å²) in [6.07, 6.45) is 0.565. The van der Waals surface area contributed by atoms with Gasteiger partial charge >= 0.3 is 5.69 Å². The van der Waals surface area contributed by atoms with Gasteiger partial charge in [-0.25, -0.2) is 9.18 Å². The molecular formula is C27H18Cl2FN5O4. The first-order valence-electron chi connectivity index (χ1n) is 11.6. The number of carbonyl (C=O) groups is 1. The number of aromatic nitrogens is 3. The zero-order chi connectivity index (χ0) is 27.8. The lowest BCUT2D eigenvalue weighted by atomic mass is 9.97. The van der Waals surface area contributed by atoms with E-state index in [0.29, 0.717) is 30.8 Å². The standard InChI is InChI=1S/C27H18Cl2FN5O4/c1-14-2-3-17(30)8-16(14)13-34-7-6-15-9-19(4-5-20(15)26(34)37)39-24-21(28)10-18(11-22(24)29)35-27(38)32-25(36)23(12-31)33-35/h2-5,8-11H,6-7,13H2,1H3,(H,32,36,38). The first-order valence-corrected chi connectivity index (χ1v) is 12.4. The van der Waals surface area contributed by atoms with Gasteiger partial charge in [-0.3, -0.25) is 14.6 Å². The molecule has 1 aliphatic heterocycles. The van der Waals surface area contributed by atoms with Crippen molar-refractivity contribution in [3.63, 3.8) is 0 Å². The second-order valence-electron chi connectivity index (χ2n) is 8.84. The molecule has 0 spiro atoms. The second kappa shape index (κ2) is 10.4. The van der Waals surface area contributed by atoms with E-state index in [0.717, 1.165) is 21.4 Å². The van der Waals surface area contributed by atoms with E-state index in [2.05, 4.69) is 5.10 Å². The van der Waals surface area contributed by atoms with Crippen molar-refractivity contribution in [2.45, 2.75) is 19.9 Å². The summed E-state index contributed by atoms with van der Waals surface area (Å²) >= 11 is 12.8. The molecule has 1 amide bonds. The number of nitrogens with one attached hydrogen (secondary N) is 1. The summed E-state index contributed by atoms with van der Waals surface area (Å²) in [5.74, 6) is -0.0204. The number of aryl methyl sites for hydroxylation is 1. The van der Waals surface area contributed by atoms with E-state index < -0.39 is 16.9 Å². The third kappa shape index (κ3) is 5.14. The number of carbonyl (C=O) groups excluding carboxylic acids is 1. The van der Waals surface area contributed by atoms with Crippen LogP contribution in [0.25, 0.3) is 5.69 Å². The number of halogens is 3. The third-order valence-corrected chi connectivity index (χ3v) is 6.86. The largest absolute Gasteiger partial charge is 0.454 e. The van der Waals surface area contributed by atoms with Crippen LogP contribution in [0.5, 0.6) is 11.5 Å². The Bertz CT molecular complexity index is 1790. The van der Waals surface area contributed by atoms with E-state index in [1.54, 1.807) is 35.2 Å². The molecule has 1 aromatic heterocycles. The Hall–Kier alpha value is -4.46. The molecule has 2 heterocycles. The van der Waals surface area contributed by atoms with Crippen molar-refractivity contribution in [1.29, 1.82) is 5.26 Å². The molecule has 0 radical (unpaired) electrons. The Morgan fingerprint density at radius 3 is 2.56 bits per heavy atom. The highest BCUT2D eigenvalue weighted by Gasteiger charge is 2.26. The second-order valence-corrected chi connectivity index (χ2v) is 9.65. The monoisotopic (exact) mass is 565 g/mol. The van der Waals surface area contributed by atoms with Crippen LogP contribution in [0, 0.1) is 24.1 Å². The normalized spacial score (nSPS) is 12.7. The van der Waals surface area contributed by atoms with Gasteiger partial charge < -0.3 is 9.64 Å². The molecule has 9 nitrogen and oxygen atoms in total. The lowest BCUT2D eigenvalue weighted by Gasteiger charge is -2.29. The van der Waals surface area contributed by atoms with Gasteiger partial charge in [0.25, 0.3) is 11.5 Å². The van der Waals surface area contributed by atoms with Gasteiger partial charge in [0.1, 0.15) is 17.6 Å². The Kier molecular flexibility index (Phi) is 6.95. The lowest BCUT2D eigenvalue weighted by Crippen LogP contribution is -2.37. The number of amides is 1. The summed E-state index contributed by atoms with van der Waals surface area (Å²) in [4.78, 5) is 40.7. The van der Waals surface area contributed by atoms with Crippen LogP contribution >= 0.6 is 23.2 Å². The fraction of sp³-hybridized carbons (Fsp3) is 0.148. The van der Waals surface area contributed by atoms with Crippen LogP contribution in [0.15, 0.2) is 58.1 Å². The van der Waals surface area contributed by atoms with Crippen LogP contribution in [0.2, 0.25) is 10.0 Å². The minimum Gasteiger partial charge on any atom is -0.454 e. The lowest BCUT2D eigenvalue weighted by molar-refractivity contribution is 0.0726. The van der Waals surface area contributed by atoms with Crippen LogP contribution in [-0.4, -0.2) is 32.1 Å². The number of hydrogen-bond acceptors (Lipinski definition) is 6. The number of nitrogens with zero attached hydrogens (tertiary/aromatic N) is 4. The molecule has 0 bridgehead atoms. The molecule has 39 heavy (non-hydrogen) atoms. The highest BCUT2D eigenvalue weighted by molar-refractivity contribution is 6.37. The molecular weight excluding hydrogens is 548 g/mol. The quantitative estimate of drug-likeness (QED) is 0.379. The van der Waals surface area contributed by atoms with Crippen LogP contribution < -0.4 is 16.0 Å². The summed E-state index contributed by atoms with van der Waals surface area (Å²) < 4.78 is 20.4. The predicted octanol–water partition coefficient (Wildman–Crippen LogP) is 4.54. The maximum absolute atomic E-state index is 13.7. The van der Waals surface area contributed by atoms with Gasteiger partial charge in [-0.15, -0.1) is 5.10 Å². The van der Waals surface area contributed by atoms with Crippen molar-refractivity contribution in [3.05, 3.63) is 113 Å². The van der Waals surface area contributed by atoms with Gasteiger partial charge in [0, 0.05) is 18.7 Å². The number of nitriles is 1. The summed E-state index contributed by atoms with van der Waals surface area (Å²) in [6, 6.07) is 13.8. The van der Waals surface area contributed by atoms with Crippen molar-refractivity contribution in [2.75, 3.05) is 6.54 Å². The van der Waals surface area contributed by atoms with Gasteiger partial charge in [0.05, 0.1) is 15.7 Å². The van der Waals surface area contributed by atoms with Gasteiger partial charge in [0.2, 0.25) is 5.69 Å². The SMILES string of the molecule is Cc1ccc(F)cc1CN1CCc2cc(Oc3c(Cl)cc(-n4nc(C#N)c(=O)[nH]c4=O)cc3Cl)ccc2C1=O. The predicted molar refractivity (Wildman–Crippen MR) is 141 cm³/mol. The molecule has 0 atom stereocenters. The molecule has 5 rings (SSSR count). The van der Waals surface area contributed by atoms with E-state index >= 15 is 0 Å². The molecule has 0 aliphatic carbocycles. The number of hydrogen-bond donors (Lipinski definition) is 1. The Morgan fingerprint density at radius 2 is 1.85 bits per heavy atom. The van der Waals surface area contributed by atoms with Crippen LogP contribution in [0.3, 0.4) is 0 Å². The smallest absolute Gasteiger partial charge is 0.349 e. The number of fused-ring (bicyclic) bond motifs is 1. The molecule has 0 saturated carbocycles. The molecule has 196 valence electrons. The summed E-state index contributed by atoms with van der Waals surface area (Å²) in [6.45, 7) is 2.64. The molecule has 12 heteroatoms. The van der Waals surface area contributed by atoms with Gasteiger partial charge in [-0.1, -0.05) is 29.3 Å². The number of rotatable bonds is 5. The summed E-state index contributed by atoms with van der Waals surface area (Å²) in [7, 11) is 0. The van der Waals surface area contributed by atoms with Crippen LogP contribution in [0.4, 0.5) is 4.39 Å². The van der Waals surface area contributed by atoms with Crippen molar-refractivity contribution in [3.8, 4) is 23.3 Å². The third-order valence-electron chi connectivity index (χ3n) is 6.30. The Balaban J connectivity index is 1.38. The zero-order valence-electron chi connectivity index (χ0n) is 20.3. The average molecular weight is 566 g/mol. The molecule has 3 aromatic carbocycles. The van der Waals surface area contributed by atoms with E-state index in [9.17, 15) is 18.8 Å². The van der Waals surface area contributed by atoms with E-state index in [1.807, 2.05) is 11.9 Å². The summed E-state index contributed by atoms with van der Waals surface area (Å²) in [5.41, 5.74) is 0.784. The minimum atomic E-state index is -0.908. The highest BCUT2D eigenvalue weighted by Crippen LogP contribution is 2.39. The zero-order valence-corrected chi connectivity index (χ0v) is 21.8. The highest BCUT2D eigenvalue weighted by atomic mass is 35.5. The van der Waals surface area contributed by atoms with E-state index in [1.165, 1.54) is 24.3 Å². The van der Waals surface area contributed by atoms with Gasteiger partial charge in [-0.2, -0.15) is 9.94 Å². The van der Waals surface area contributed by atoms with Crippen molar-refractivity contribution in [2.24, 2.45) is 0 Å². The molecule has 0 unspecified atom stereocenters. The summed E-state index contributed by atoms with van der Waals surface area (Å²) in [5, 5.41) is 12.9. The molecule has 1 aliphatic rings. The van der Waals surface area contributed by atoms with Crippen LogP contribution in [0.1, 0.15) is 32.7 Å². The Morgan fingerprint density at radius 1 is 1.10 bits per heavy atom. The maximum Gasteiger partial charge on any atom is 0.349 e. The fourth-order valence-electron chi connectivity index (χ4n) is 4.28. The van der Waals surface area contributed by atoms with Gasteiger partial charge in [-0.05, 0) is 72.5 Å². The topological polar surface area (TPSA) is 121 Å². The number of benzene rings is 3.